The van der Waals surface area contributed by atoms with Crippen molar-refractivity contribution in [1.82, 2.24) is 5.32 Å². The molecule has 2 N–H and O–H groups in total. The zero-order valence-electron chi connectivity index (χ0n) is 13.6. The number of nitrogens with one attached hydrogen (secondary N) is 2. The predicted molar refractivity (Wildman–Crippen MR) is 98.3 cm³/mol. The molecule has 1 aromatic carbocycles. The molecule has 0 spiro atoms. The molecule has 0 radical (unpaired) electrons. The van der Waals surface area contributed by atoms with Crippen molar-refractivity contribution in [1.29, 1.82) is 0 Å². The first kappa shape index (κ1) is 17.0. The highest BCUT2D eigenvalue weighted by molar-refractivity contribution is 7.17. The molecule has 0 saturated heterocycles. The van der Waals surface area contributed by atoms with Gasteiger partial charge in [0.1, 0.15) is 5.00 Å². The summed E-state index contributed by atoms with van der Waals surface area (Å²) >= 11 is 7.60. The van der Waals surface area contributed by atoms with Crippen molar-refractivity contribution < 1.29 is 9.59 Å². The molecular formula is C18H19ClN2O2S. The SMILES string of the molecule is CNC(=O)c1c(NC(=O)c2ccccc2Cl)sc2c1CC[C@@H](C)C2. The average Bonchev–Trinajstić information content (AvgIpc) is 2.91. The summed E-state index contributed by atoms with van der Waals surface area (Å²) in [5.41, 5.74) is 2.08. The lowest BCUT2D eigenvalue weighted by Crippen LogP contribution is -2.22. The monoisotopic (exact) mass is 362 g/mol. The lowest BCUT2D eigenvalue weighted by molar-refractivity contribution is 0.0963. The van der Waals surface area contributed by atoms with Gasteiger partial charge in [-0.15, -0.1) is 11.3 Å². The molecule has 1 aliphatic rings. The Bertz CT molecular complexity index is 800. The van der Waals surface area contributed by atoms with E-state index in [0.29, 0.717) is 27.1 Å². The van der Waals surface area contributed by atoms with E-state index in [1.807, 2.05) is 0 Å². The molecule has 1 atom stereocenters. The molecule has 6 heteroatoms. The number of benzene rings is 1. The zero-order valence-corrected chi connectivity index (χ0v) is 15.2. The topological polar surface area (TPSA) is 58.2 Å². The molecule has 2 aromatic rings. The van der Waals surface area contributed by atoms with Crippen LogP contribution in [0.3, 0.4) is 0 Å². The van der Waals surface area contributed by atoms with Crippen LogP contribution < -0.4 is 10.6 Å². The van der Waals surface area contributed by atoms with Crippen LogP contribution in [0.15, 0.2) is 24.3 Å². The number of rotatable bonds is 3. The maximum absolute atomic E-state index is 12.6. The van der Waals surface area contributed by atoms with Gasteiger partial charge < -0.3 is 10.6 Å². The lowest BCUT2D eigenvalue weighted by atomic mass is 9.88. The maximum Gasteiger partial charge on any atom is 0.257 e. The minimum absolute atomic E-state index is 0.156. The van der Waals surface area contributed by atoms with Crippen molar-refractivity contribution in [3.63, 3.8) is 0 Å². The summed E-state index contributed by atoms with van der Waals surface area (Å²) in [5.74, 6) is 0.148. The Hall–Kier alpha value is -1.85. The summed E-state index contributed by atoms with van der Waals surface area (Å²) in [6, 6.07) is 6.89. The Morgan fingerprint density at radius 2 is 2.00 bits per heavy atom. The number of hydrogen-bond donors (Lipinski definition) is 2. The van der Waals surface area contributed by atoms with Crippen molar-refractivity contribution in [2.45, 2.75) is 26.2 Å². The molecule has 0 saturated carbocycles. The van der Waals surface area contributed by atoms with Crippen molar-refractivity contribution in [3.8, 4) is 0 Å². The fourth-order valence-corrected chi connectivity index (χ4v) is 4.64. The third-order valence-electron chi connectivity index (χ3n) is 4.31. The Balaban J connectivity index is 1.97. The lowest BCUT2D eigenvalue weighted by Gasteiger charge is -2.18. The van der Waals surface area contributed by atoms with E-state index in [9.17, 15) is 9.59 Å². The maximum atomic E-state index is 12.6. The number of amides is 2. The normalized spacial score (nSPS) is 16.4. The van der Waals surface area contributed by atoms with E-state index in [1.165, 1.54) is 16.2 Å². The van der Waals surface area contributed by atoms with E-state index in [1.54, 1.807) is 31.3 Å². The van der Waals surface area contributed by atoms with E-state index < -0.39 is 0 Å². The van der Waals surface area contributed by atoms with Crippen LogP contribution in [-0.4, -0.2) is 18.9 Å². The van der Waals surface area contributed by atoms with Crippen molar-refractivity contribution in [3.05, 3.63) is 50.9 Å². The number of carbonyl (C=O) groups is 2. The number of anilines is 1. The second-order valence-corrected chi connectivity index (χ2v) is 7.58. The number of carbonyl (C=O) groups excluding carboxylic acids is 2. The molecule has 126 valence electrons. The van der Waals surface area contributed by atoms with Gasteiger partial charge >= 0.3 is 0 Å². The quantitative estimate of drug-likeness (QED) is 0.862. The molecule has 0 unspecified atom stereocenters. The van der Waals surface area contributed by atoms with E-state index in [4.69, 9.17) is 11.6 Å². The van der Waals surface area contributed by atoms with Gasteiger partial charge in [-0.3, -0.25) is 9.59 Å². The Morgan fingerprint density at radius 3 is 2.71 bits per heavy atom. The summed E-state index contributed by atoms with van der Waals surface area (Å²) in [6.45, 7) is 2.21. The largest absolute Gasteiger partial charge is 0.355 e. The zero-order chi connectivity index (χ0) is 17.3. The highest BCUT2D eigenvalue weighted by atomic mass is 35.5. The molecule has 0 fully saturated rings. The van der Waals surface area contributed by atoms with Crippen LogP contribution in [0.25, 0.3) is 0 Å². The van der Waals surface area contributed by atoms with Gasteiger partial charge in [0.2, 0.25) is 0 Å². The number of halogens is 1. The van der Waals surface area contributed by atoms with E-state index in [2.05, 4.69) is 17.6 Å². The molecule has 24 heavy (non-hydrogen) atoms. The van der Waals surface area contributed by atoms with Crippen LogP contribution in [0.1, 0.15) is 44.5 Å². The molecule has 1 aromatic heterocycles. The molecule has 2 amide bonds. The minimum Gasteiger partial charge on any atom is -0.355 e. The third kappa shape index (κ3) is 3.19. The average molecular weight is 363 g/mol. The minimum atomic E-state index is -0.294. The molecule has 0 aliphatic heterocycles. The van der Waals surface area contributed by atoms with Gasteiger partial charge in [0.15, 0.2) is 0 Å². The molecule has 1 heterocycles. The molecular weight excluding hydrogens is 344 g/mol. The van der Waals surface area contributed by atoms with Gasteiger partial charge in [-0.05, 0) is 42.9 Å². The van der Waals surface area contributed by atoms with Crippen LogP contribution in [0.4, 0.5) is 5.00 Å². The Morgan fingerprint density at radius 1 is 1.25 bits per heavy atom. The second-order valence-electron chi connectivity index (χ2n) is 6.07. The first-order valence-corrected chi connectivity index (χ1v) is 9.13. The fraction of sp³-hybridized carbons (Fsp3) is 0.333. The first-order chi connectivity index (χ1) is 11.5. The predicted octanol–water partition coefficient (Wildman–Crippen LogP) is 4.14. The van der Waals surface area contributed by atoms with Crippen molar-refractivity contribution in [2.24, 2.45) is 5.92 Å². The Kier molecular flexibility index (Phi) is 4.92. The number of hydrogen-bond acceptors (Lipinski definition) is 3. The first-order valence-electron chi connectivity index (χ1n) is 7.93. The second kappa shape index (κ2) is 6.95. The summed E-state index contributed by atoms with van der Waals surface area (Å²) < 4.78 is 0. The molecule has 3 rings (SSSR count). The highest BCUT2D eigenvalue weighted by Crippen LogP contribution is 2.39. The van der Waals surface area contributed by atoms with Gasteiger partial charge in [-0.1, -0.05) is 30.7 Å². The standard InChI is InChI=1S/C18H19ClN2O2S/c1-10-7-8-12-14(9-10)24-18(15(12)17(23)20-2)21-16(22)11-5-3-4-6-13(11)19/h3-6,10H,7-9H2,1-2H3,(H,20,23)(H,21,22)/t10-/m1/s1. The van der Waals surface area contributed by atoms with Gasteiger partial charge in [0.25, 0.3) is 11.8 Å². The summed E-state index contributed by atoms with van der Waals surface area (Å²) in [4.78, 5) is 26.1. The van der Waals surface area contributed by atoms with Crippen LogP contribution in [0.5, 0.6) is 0 Å². The van der Waals surface area contributed by atoms with Crippen LogP contribution in [-0.2, 0) is 12.8 Å². The molecule has 1 aliphatic carbocycles. The fourth-order valence-electron chi connectivity index (χ4n) is 3.02. The summed E-state index contributed by atoms with van der Waals surface area (Å²) in [6.07, 6.45) is 2.88. The number of thiophene rings is 1. The van der Waals surface area contributed by atoms with Gasteiger partial charge in [-0.25, -0.2) is 0 Å². The van der Waals surface area contributed by atoms with Crippen molar-refractivity contribution in [2.75, 3.05) is 12.4 Å². The summed E-state index contributed by atoms with van der Waals surface area (Å²) in [5, 5.41) is 6.58. The highest BCUT2D eigenvalue weighted by Gasteiger charge is 2.28. The van der Waals surface area contributed by atoms with Crippen LogP contribution in [0, 0.1) is 5.92 Å². The third-order valence-corrected chi connectivity index (χ3v) is 5.81. The molecule has 4 nitrogen and oxygen atoms in total. The van der Waals surface area contributed by atoms with Crippen LogP contribution in [0.2, 0.25) is 5.02 Å². The molecule has 0 bridgehead atoms. The van der Waals surface area contributed by atoms with Crippen LogP contribution >= 0.6 is 22.9 Å². The van der Waals surface area contributed by atoms with Gasteiger partial charge in [-0.2, -0.15) is 0 Å². The van der Waals surface area contributed by atoms with E-state index in [-0.39, 0.29) is 11.8 Å². The van der Waals surface area contributed by atoms with Gasteiger partial charge in [0, 0.05) is 11.9 Å². The Labute approximate surface area is 150 Å². The summed E-state index contributed by atoms with van der Waals surface area (Å²) in [7, 11) is 1.61. The van der Waals surface area contributed by atoms with E-state index >= 15 is 0 Å². The van der Waals surface area contributed by atoms with E-state index in [0.717, 1.165) is 24.8 Å². The smallest absolute Gasteiger partial charge is 0.257 e. The van der Waals surface area contributed by atoms with Gasteiger partial charge in [0.05, 0.1) is 16.1 Å². The van der Waals surface area contributed by atoms with Crippen molar-refractivity contribution >= 4 is 39.8 Å². The number of fused-ring (bicyclic) bond motifs is 1.